The minimum atomic E-state index is -0.787. The molecule has 0 heterocycles. The van der Waals surface area contributed by atoms with Gasteiger partial charge in [-0.25, -0.2) is 0 Å². The Labute approximate surface area is 515 Å². The molecule has 0 radical (unpaired) electrons. The highest BCUT2D eigenvalue weighted by Crippen LogP contribution is 2.17. The molecule has 6 heteroatoms. The number of hydrogen-bond acceptors (Lipinski definition) is 6. The van der Waals surface area contributed by atoms with E-state index >= 15 is 0 Å². The molecule has 0 aliphatic carbocycles. The van der Waals surface area contributed by atoms with Gasteiger partial charge in [-0.3, -0.25) is 14.4 Å². The molecule has 0 spiro atoms. The summed E-state index contributed by atoms with van der Waals surface area (Å²) >= 11 is 0. The van der Waals surface area contributed by atoms with Gasteiger partial charge in [0.25, 0.3) is 0 Å². The van der Waals surface area contributed by atoms with Crippen LogP contribution in [0.2, 0.25) is 0 Å². The number of carbonyl (C=O) groups is 3. The summed E-state index contributed by atoms with van der Waals surface area (Å²) in [5.41, 5.74) is 0. The second-order valence-electron chi connectivity index (χ2n) is 24.1. The van der Waals surface area contributed by atoms with E-state index in [-0.39, 0.29) is 31.1 Å². The first-order valence-corrected chi connectivity index (χ1v) is 36.1. The highest BCUT2D eigenvalue weighted by atomic mass is 16.6. The summed E-state index contributed by atoms with van der Waals surface area (Å²) in [4.78, 5) is 38.5. The van der Waals surface area contributed by atoms with Crippen LogP contribution in [0.5, 0.6) is 0 Å². The summed E-state index contributed by atoms with van der Waals surface area (Å²) in [7, 11) is 0. The Balaban J connectivity index is 4.36. The van der Waals surface area contributed by atoms with E-state index < -0.39 is 6.10 Å². The summed E-state index contributed by atoms with van der Waals surface area (Å²) in [6.07, 6.45) is 94.6. The van der Waals surface area contributed by atoms with Gasteiger partial charge in [0.05, 0.1) is 0 Å². The third kappa shape index (κ3) is 69.3. The van der Waals surface area contributed by atoms with Crippen LogP contribution in [0, 0.1) is 0 Å². The standard InChI is InChI=1S/C77H136O6/c1-4-7-10-13-16-19-22-25-28-31-33-35-37-38-40-41-43-46-49-52-55-58-61-64-67-70-76(79)82-73-74(72-81-75(78)69-66-63-60-57-54-51-48-45-30-27-24-21-18-15-12-9-6-3)83-77(80)71-68-65-62-59-56-53-50-47-44-42-39-36-34-32-29-26-23-20-17-14-11-8-5-2/h18,21-23,25-27,30-34,39,42,74H,4-17,19-20,24,28-29,35-38,40-41,43-73H2,1-3H3/b21-18-,25-22-,26-23-,30-27-,33-31-,34-32-,42-39-. The normalized spacial score (nSPS) is 12.6. The maximum Gasteiger partial charge on any atom is 0.306 e. The Morgan fingerprint density at radius 1 is 0.241 bits per heavy atom. The van der Waals surface area contributed by atoms with E-state index in [1.54, 1.807) is 0 Å². The third-order valence-electron chi connectivity index (χ3n) is 15.8. The second kappa shape index (κ2) is 71.1. The number of carbonyl (C=O) groups excluding carboxylic acids is 3. The molecule has 0 saturated heterocycles. The van der Waals surface area contributed by atoms with E-state index in [9.17, 15) is 14.4 Å². The molecule has 0 aliphatic rings. The number of unbranched alkanes of at least 4 members (excludes halogenated alkanes) is 41. The number of hydrogen-bond donors (Lipinski definition) is 0. The van der Waals surface area contributed by atoms with E-state index in [1.807, 2.05) is 0 Å². The van der Waals surface area contributed by atoms with E-state index in [0.29, 0.717) is 19.3 Å². The quantitative estimate of drug-likeness (QED) is 0.0261. The summed E-state index contributed by atoms with van der Waals surface area (Å²) < 4.78 is 17.0. The zero-order valence-corrected chi connectivity index (χ0v) is 55.2. The van der Waals surface area contributed by atoms with Crippen LogP contribution in [0.4, 0.5) is 0 Å². The van der Waals surface area contributed by atoms with E-state index in [0.717, 1.165) is 96.3 Å². The van der Waals surface area contributed by atoms with Crippen molar-refractivity contribution in [2.75, 3.05) is 13.2 Å². The minimum absolute atomic E-state index is 0.0807. The molecule has 0 aromatic rings. The molecular weight excluding hydrogens is 1020 g/mol. The fourth-order valence-electron chi connectivity index (χ4n) is 10.4. The van der Waals surface area contributed by atoms with Crippen molar-refractivity contribution < 1.29 is 28.6 Å². The summed E-state index contributed by atoms with van der Waals surface area (Å²) in [6.45, 7) is 6.63. The van der Waals surface area contributed by atoms with Crippen molar-refractivity contribution in [1.82, 2.24) is 0 Å². The lowest BCUT2D eigenvalue weighted by molar-refractivity contribution is -0.167. The Morgan fingerprint density at radius 2 is 0.434 bits per heavy atom. The topological polar surface area (TPSA) is 78.9 Å². The predicted octanol–water partition coefficient (Wildman–Crippen LogP) is 25.0. The van der Waals surface area contributed by atoms with Crippen LogP contribution in [-0.2, 0) is 28.6 Å². The van der Waals surface area contributed by atoms with Crippen LogP contribution in [0.1, 0.15) is 367 Å². The van der Waals surface area contributed by atoms with Crippen LogP contribution in [0.3, 0.4) is 0 Å². The van der Waals surface area contributed by atoms with Crippen LogP contribution >= 0.6 is 0 Å². The first-order chi connectivity index (χ1) is 41.0. The van der Waals surface area contributed by atoms with Gasteiger partial charge in [0, 0.05) is 19.3 Å². The van der Waals surface area contributed by atoms with Crippen LogP contribution in [0.15, 0.2) is 85.1 Å². The molecular formula is C77H136O6. The van der Waals surface area contributed by atoms with Crippen LogP contribution < -0.4 is 0 Å². The maximum atomic E-state index is 13.0. The lowest BCUT2D eigenvalue weighted by Gasteiger charge is -2.18. The molecule has 0 N–H and O–H groups in total. The second-order valence-corrected chi connectivity index (χ2v) is 24.1. The molecule has 0 bridgehead atoms. The Hall–Kier alpha value is -3.41. The number of rotatable bonds is 66. The molecule has 0 amide bonds. The lowest BCUT2D eigenvalue weighted by atomic mass is 10.0. The van der Waals surface area contributed by atoms with Gasteiger partial charge >= 0.3 is 17.9 Å². The molecule has 0 aliphatic heterocycles. The van der Waals surface area contributed by atoms with Gasteiger partial charge in [0.1, 0.15) is 13.2 Å². The summed E-state index contributed by atoms with van der Waals surface area (Å²) in [6, 6.07) is 0. The molecule has 83 heavy (non-hydrogen) atoms. The molecule has 0 aromatic heterocycles. The van der Waals surface area contributed by atoms with Crippen LogP contribution in [-0.4, -0.2) is 37.2 Å². The Kier molecular flexibility index (Phi) is 68.2. The van der Waals surface area contributed by atoms with Crippen LogP contribution in [0.25, 0.3) is 0 Å². The first kappa shape index (κ1) is 79.6. The Bertz CT molecular complexity index is 1570. The van der Waals surface area contributed by atoms with Crippen molar-refractivity contribution in [2.45, 2.75) is 374 Å². The van der Waals surface area contributed by atoms with Crippen molar-refractivity contribution in [3.63, 3.8) is 0 Å². The molecule has 1 atom stereocenters. The third-order valence-corrected chi connectivity index (χ3v) is 15.8. The smallest absolute Gasteiger partial charge is 0.306 e. The van der Waals surface area contributed by atoms with E-state index in [2.05, 4.69) is 106 Å². The summed E-state index contributed by atoms with van der Waals surface area (Å²) in [5, 5.41) is 0. The average molecular weight is 1160 g/mol. The van der Waals surface area contributed by atoms with Crippen molar-refractivity contribution in [3.8, 4) is 0 Å². The van der Waals surface area contributed by atoms with Crippen molar-refractivity contribution in [2.24, 2.45) is 0 Å². The van der Waals surface area contributed by atoms with Crippen molar-refractivity contribution in [3.05, 3.63) is 85.1 Å². The fourth-order valence-corrected chi connectivity index (χ4v) is 10.4. The van der Waals surface area contributed by atoms with E-state index in [1.165, 1.54) is 231 Å². The van der Waals surface area contributed by atoms with Gasteiger partial charge in [-0.15, -0.1) is 0 Å². The lowest BCUT2D eigenvalue weighted by Crippen LogP contribution is -2.30. The monoisotopic (exact) mass is 1160 g/mol. The predicted molar refractivity (Wildman–Crippen MR) is 362 cm³/mol. The zero-order valence-electron chi connectivity index (χ0n) is 55.2. The number of ether oxygens (including phenoxy) is 3. The molecule has 6 nitrogen and oxygen atoms in total. The molecule has 1 unspecified atom stereocenters. The number of allylic oxidation sites excluding steroid dienone is 14. The molecule has 0 aromatic carbocycles. The van der Waals surface area contributed by atoms with Crippen molar-refractivity contribution in [1.29, 1.82) is 0 Å². The molecule has 0 saturated carbocycles. The van der Waals surface area contributed by atoms with Gasteiger partial charge in [0.15, 0.2) is 6.10 Å². The van der Waals surface area contributed by atoms with Gasteiger partial charge < -0.3 is 14.2 Å². The largest absolute Gasteiger partial charge is 0.462 e. The summed E-state index contributed by atoms with van der Waals surface area (Å²) in [5.74, 6) is -0.878. The van der Waals surface area contributed by atoms with Gasteiger partial charge in [-0.2, -0.15) is 0 Å². The fraction of sp³-hybridized carbons (Fsp3) is 0.779. The first-order valence-electron chi connectivity index (χ1n) is 36.1. The molecule has 0 fully saturated rings. The van der Waals surface area contributed by atoms with Gasteiger partial charge in [-0.05, 0) is 122 Å². The average Bonchev–Trinajstić information content (AvgIpc) is 3.49. The van der Waals surface area contributed by atoms with Crippen molar-refractivity contribution >= 4 is 17.9 Å². The highest BCUT2D eigenvalue weighted by molar-refractivity contribution is 5.71. The van der Waals surface area contributed by atoms with Gasteiger partial charge in [-0.1, -0.05) is 311 Å². The highest BCUT2D eigenvalue weighted by Gasteiger charge is 2.19. The minimum Gasteiger partial charge on any atom is -0.462 e. The van der Waals surface area contributed by atoms with E-state index in [4.69, 9.17) is 14.2 Å². The Morgan fingerprint density at radius 3 is 0.699 bits per heavy atom. The molecule has 480 valence electrons. The SMILES string of the molecule is CCCCC/C=C\C/C=C\CCCCCCCCCC(=O)OCC(COC(=O)CCCCCCCCCCCCCCC/C=C\C/C=C\CCCCCCC)OC(=O)CCCCCCCCCC/C=C\C/C=C\C/C=C\CCCCCCC. The zero-order chi connectivity index (χ0) is 59.9. The molecule has 0 rings (SSSR count). The van der Waals surface area contributed by atoms with Gasteiger partial charge in [0.2, 0.25) is 0 Å². The number of esters is 3. The maximum absolute atomic E-state index is 13.0.